The minimum absolute atomic E-state index is 0.00194. The highest BCUT2D eigenvalue weighted by Crippen LogP contribution is 2.38. The molecule has 0 atom stereocenters. The highest BCUT2D eigenvalue weighted by atomic mass is 35.5. The van der Waals surface area contributed by atoms with E-state index in [9.17, 15) is 61.5 Å². The van der Waals surface area contributed by atoms with Gasteiger partial charge >= 0.3 is 0 Å². The van der Waals surface area contributed by atoms with Gasteiger partial charge in [-0.25, -0.2) is 0 Å². The Morgan fingerprint density at radius 3 is 1.17 bits per heavy atom. The van der Waals surface area contributed by atoms with Gasteiger partial charge in [0.05, 0.1) is 22.7 Å². The van der Waals surface area contributed by atoms with E-state index < -0.39 is 71.9 Å². The van der Waals surface area contributed by atoms with Crippen LogP contribution in [0.5, 0.6) is 0 Å². The van der Waals surface area contributed by atoms with E-state index in [1.54, 1.807) is 0 Å². The summed E-state index contributed by atoms with van der Waals surface area (Å²) in [7, 11) is -19.6. The first-order valence-corrected chi connectivity index (χ1v) is 29.6. The van der Waals surface area contributed by atoms with Crippen molar-refractivity contribution in [1.82, 2.24) is 29.9 Å². The van der Waals surface area contributed by atoms with E-state index in [0.29, 0.717) is 37.6 Å². The maximum Gasteiger partial charge on any atom is 0.295 e. The van der Waals surface area contributed by atoms with Crippen molar-refractivity contribution < 1.29 is 61.5 Å². The molecule has 0 unspecified atom stereocenters. The maximum atomic E-state index is 12.3. The molecule has 0 bridgehead atoms. The van der Waals surface area contributed by atoms with Crippen LogP contribution in [0, 0.1) is 0 Å². The van der Waals surface area contributed by atoms with Gasteiger partial charge < -0.3 is 31.1 Å². The summed E-state index contributed by atoms with van der Waals surface area (Å²) >= 11 is 12.8. The minimum atomic E-state index is -4.94. The molecule has 1 aliphatic rings. The number of piperazine rings is 1. The largest absolute Gasteiger partial charge is 0.337 e. The molecule has 0 radical (unpaired) electrons. The molecule has 8 N–H and O–H groups in total. The number of halogens is 2. The van der Waals surface area contributed by atoms with Gasteiger partial charge in [0.25, 0.3) is 40.5 Å². The number of hydrogen-bond donors (Lipinski definition) is 8. The molecule has 8 aromatic rings. The summed E-state index contributed by atoms with van der Waals surface area (Å²) in [6.07, 6.45) is 0. The van der Waals surface area contributed by atoms with Crippen molar-refractivity contribution >= 4 is 166 Å². The van der Waals surface area contributed by atoms with Gasteiger partial charge in [0, 0.05) is 72.9 Å². The lowest BCUT2D eigenvalue weighted by atomic mass is 10.1. The summed E-state index contributed by atoms with van der Waals surface area (Å²) in [4.78, 5) is 51.6. The highest BCUT2D eigenvalue weighted by Gasteiger charge is 2.26. The van der Waals surface area contributed by atoms with E-state index in [1.165, 1.54) is 74.5 Å². The first kappa shape index (κ1) is 58.1. The molecule has 1 fully saturated rings. The Morgan fingerprint density at radius 1 is 0.463 bits per heavy atom. The van der Waals surface area contributed by atoms with E-state index in [-0.39, 0.29) is 90.0 Å². The molecule has 0 aliphatic carbocycles. The number of aromatic nitrogens is 6. The van der Waals surface area contributed by atoms with Crippen LogP contribution < -0.4 is 31.1 Å². The van der Waals surface area contributed by atoms with Crippen LogP contribution >= 0.6 is 23.2 Å². The monoisotopic (exact) mass is 1240 g/mol. The number of anilines is 8. The molecule has 82 heavy (non-hydrogen) atoms. The predicted molar refractivity (Wildman–Crippen MR) is 298 cm³/mol. The number of azo groups is 2. The first-order valence-electron chi connectivity index (χ1n) is 23.1. The van der Waals surface area contributed by atoms with Crippen LogP contribution in [0.15, 0.2) is 137 Å². The topological polar surface area (TPSA) is 433 Å². The number of nitrogens with one attached hydrogen (secondary N) is 4. The lowest BCUT2D eigenvalue weighted by Crippen LogP contribution is -2.47. The van der Waals surface area contributed by atoms with Crippen LogP contribution in [0.4, 0.5) is 69.3 Å². The fourth-order valence-electron chi connectivity index (χ4n) is 8.25. The van der Waals surface area contributed by atoms with Crippen molar-refractivity contribution in [2.45, 2.75) is 33.4 Å². The Labute approximate surface area is 473 Å². The minimum Gasteiger partial charge on any atom is -0.337 e. The third-order valence-electron chi connectivity index (χ3n) is 11.6. The molecule has 3 heterocycles. The predicted octanol–water partition coefficient (Wildman–Crippen LogP) is 8.22. The molecule has 9 rings (SSSR count). The normalized spacial score (nSPS) is 13.5. The Morgan fingerprint density at radius 2 is 0.829 bits per heavy atom. The first-order chi connectivity index (χ1) is 38.5. The second-order valence-corrected chi connectivity index (χ2v) is 23.6. The van der Waals surface area contributed by atoms with Crippen LogP contribution in [-0.2, 0) is 50.1 Å². The van der Waals surface area contributed by atoms with E-state index in [4.69, 9.17) is 23.2 Å². The molecule has 424 valence electrons. The average Bonchev–Trinajstić information content (AvgIpc) is 3.43. The Balaban J connectivity index is 0.895. The Hall–Kier alpha value is -8.58. The van der Waals surface area contributed by atoms with Crippen LogP contribution in [-0.4, -0.2) is 120 Å². The van der Waals surface area contributed by atoms with E-state index >= 15 is 0 Å². The smallest absolute Gasteiger partial charge is 0.295 e. The van der Waals surface area contributed by atoms with E-state index in [0.717, 1.165) is 36.4 Å². The van der Waals surface area contributed by atoms with Gasteiger partial charge in [-0.05, 0) is 96.0 Å². The van der Waals surface area contributed by atoms with Gasteiger partial charge in [-0.2, -0.15) is 73.8 Å². The van der Waals surface area contributed by atoms with Crippen molar-refractivity contribution in [3.8, 4) is 0 Å². The molecular formula is C46H38Cl2N16O14S4. The summed E-state index contributed by atoms with van der Waals surface area (Å²) in [5, 5.41) is 26.3. The van der Waals surface area contributed by atoms with Gasteiger partial charge in [-0.3, -0.25) is 27.8 Å². The molecule has 1 saturated heterocycles. The quantitative estimate of drug-likeness (QED) is 0.0333. The zero-order valence-electron chi connectivity index (χ0n) is 41.7. The number of rotatable bonds is 16. The average molecular weight is 1240 g/mol. The molecule has 1 aliphatic heterocycles. The molecule has 2 amide bonds. The van der Waals surface area contributed by atoms with Gasteiger partial charge in [-0.1, -0.05) is 24.3 Å². The maximum absolute atomic E-state index is 12.3. The van der Waals surface area contributed by atoms with Gasteiger partial charge in [-0.15, -0.1) is 10.2 Å². The molecule has 0 spiro atoms. The number of hydrogen-bond acceptors (Lipinski definition) is 24. The number of carbonyl (C=O) groups excluding carboxylic acids is 2. The fourth-order valence-corrected chi connectivity index (χ4v) is 11.4. The van der Waals surface area contributed by atoms with Crippen molar-refractivity contribution in [3.05, 3.63) is 108 Å². The Bertz CT molecular complexity index is 4220. The van der Waals surface area contributed by atoms with Crippen LogP contribution in [0.1, 0.15) is 13.8 Å². The lowest BCUT2D eigenvalue weighted by Gasteiger charge is -2.34. The number of carbonyl (C=O) groups is 2. The third-order valence-corrected chi connectivity index (χ3v) is 15.6. The second-order valence-electron chi connectivity index (χ2n) is 17.4. The highest BCUT2D eigenvalue weighted by molar-refractivity contribution is 7.87. The SMILES string of the molecule is CC(=O)Nc1cc(Nc2nc(Cl)nc(N3CCN(c4nc(Cl)nc(Nc5ccc(N=Nc6cc(S(=O)(=O)O)c7cccc(S(=O)(=O)O)c7c6)c(NC(C)=O)c5)n4)CC3)n2)ccc1N=Nc1cc(S(=O)(=O)O)c2cccc(S(=O)(=O)O)c2c1. The van der Waals surface area contributed by atoms with Crippen molar-refractivity contribution in [3.63, 3.8) is 0 Å². The van der Waals surface area contributed by atoms with Gasteiger partial charge in [0.1, 0.15) is 31.0 Å². The second kappa shape index (κ2) is 22.8. The summed E-state index contributed by atoms with van der Waals surface area (Å²) in [5.74, 6) is -0.657. The summed E-state index contributed by atoms with van der Waals surface area (Å²) in [6, 6.07) is 19.9. The Kier molecular flexibility index (Phi) is 16.1. The molecule has 6 aromatic carbocycles. The van der Waals surface area contributed by atoms with Gasteiger partial charge in [0.15, 0.2) is 0 Å². The van der Waals surface area contributed by atoms with Crippen molar-refractivity contribution in [1.29, 1.82) is 0 Å². The molecule has 0 saturated carbocycles. The molecule has 36 heteroatoms. The zero-order valence-corrected chi connectivity index (χ0v) is 46.5. The van der Waals surface area contributed by atoms with Gasteiger partial charge in [0.2, 0.25) is 46.2 Å². The summed E-state index contributed by atoms with van der Waals surface area (Å²) < 4.78 is 137. The number of benzene rings is 6. The fraction of sp³-hybridized carbons (Fsp3) is 0.130. The number of nitrogens with zero attached hydrogens (tertiary/aromatic N) is 12. The summed E-state index contributed by atoms with van der Waals surface area (Å²) in [6.45, 7) is 3.71. The standard InChI is InChI=1S/C46H38Cl2N16O14S4/c1-23(65)49-35-19-25(9-11-33(35)61-59-27-17-31-29(39(21-27)81(73,74)75)5-3-7-37(31)79(67,68)69)51-43-53-41(47)55-45(57-43)63-13-15-64(16-14-63)46-56-42(48)54-44(58-46)52-26-10-12-34(36(20-26)50-24(2)66)62-60-28-18-32-30(40(22-28)82(76,77)78)6-4-8-38(32)80(70,71)72/h3-12,17-22H,13-16H2,1-2H3,(H,49,65)(H,50,66)(H,67,68,69)(H,70,71,72)(H,73,74,75)(H,76,77,78)(H,51,53,55,57)(H,52,54,56,58). The van der Waals surface area contributed by atoms with Crippen LogP contribution in [0.3, 0.4) is 0 Å². The molecule has 30 nitrogen and oxygen atoms in total. The third kappa shape index (κ3) is 13.6. The molecule has 2 aromatic heterocycles. The van der Waals surface area contributed by atoms with Crippen molar-refractivity contribution in [2.75, 3.05) is 57.2 Å². The van der Waals surface area contributed by atoms with Crippen LogP contribution in [0.2, 0.25) is 10.6 Å². The van der Waals surface area contributed by atoms with E-state index in [2.05, 4.69) is 71.6 Å². The number of amides is 2. The van der Waals surface area contributed by atoms with Crippen LogP contribution in [0.25, 0.3) is 21.5 Å². The molecular weight excluding hydrogens is 1200 g/mol. The lowest BCUT2D eigenvalue weighted by molar-refractivity contribution is -0.115. The summed E-state index contributed by atoms with van der Waals surface area (Å²) in [5.41, 5.74) is 0.446. The van der Waals surface area contributed by atoms with Crippen molar-refractivity contribution in [2.24, 2.45) is 20.5 Å². The number of fused-ring (bicyclic) bond motifs is 2. The zero-order chi connectivity index (χ0) is 59.1. The van der Waals surface area contributed by atoms with E-state index in [1.807, 2.05) is 9.80 Å².